The Labute approximate surface area is 165 Å². The van der Waals surface area contributed by atoms with E-state index in [1.807, 2.05) is 18.2 Å². The second-order valence-corrected chi connectivity index (χ2v) is 7.26. The number of hydrogen-bond acceptors (Lipinski definition) is 5. The first-order valence-electron chi connectivity index (χ1n) is 10.1. The van der Waals surface area contributed by atoms with Crippen molar-refractivity contribution in [3.63, 3.8) is 0 Å². The first-order valence-corrected chi connectivity index (χ1v) is 10.1. The number of H-pyrrole nitrogens is 1. The van der Waals surface area contributed by atoms with Crippen LogP contribution in [0.3, 0.4) is 0 Å². The van der Waals surface area contributed by atoms with E-state index < -0.39 is 0 Å². The molecule has 7 nitrogen and oxygen atoms in total. The van der Waals surface area contributed by atoms with Crippen LogP contribution in [-0.4, -0.2) is 47.3 Å². The van der Waals surface area contributed by atoms with Crippen molar-refractivity contribution < 1.29 is 4.74 Å². The zero-order valence-electron chi connectivity index (χ0n) is 16.8. The van der Waals surface area contributed by atoms with E-state index in [-0.39, 0.29) is 11.2 Å². The molecule has 0 atom stereocenters. The summed E-state index contributed by atoms with van der Waals surface area (Å²) >= 11 is 0. The summed E-state index contributed by atoms with van der Waals surface area (Å²) < 4.78 is 6.62. The third-order valence-electron chi connectivity index (χ3n) is 5.24. The molecule has 1 aromatic heterocycles. The standard InChI is InChI=1S/C21H30N4O3/c1-3-17-14-18(7-6-16(17)2)22-19-15-20(26)25(21(27)23-19)9-5-4-8-24-10-12-28-13-11-24/h6-7,14-15,22H,3-5,8-13H2,1-2H3,(H,23,27). The molecular weight excluding hydrogens is 356 g/mol. The molecule has 2 aromatic rings. The Hall–Kier alpha value is -2.38. The lowest BCUT2D eigenvalue weighted by atomic mass is 10.1. The SMILES string of the molecule is CCc1cc(Nc2cc(=O)n(CCCCN3CCOCC3)c(=O)[nH]2)ccc1C. The Morgan fingerprint density at radius 2 is 1.86 bits per heavy atom. The van der Waals surface area contributed by atoms with Gasteiger partial charge >= 0.3 is 5.69 Å². The average molecular weight is 386 g/mol. The van der Waals surface area contributed by atoms with Gasteiger partial charge in [0.2, 0.25) is 0 Å². The van der Waals surface area contributed by atoms with Crippen molar-refractivity contribution in [3.05, 3.63) is 56.2 Å². The first kappa shape index (κ1) is 20.4. The minimum absolute atomic E-state index is 0.277. The van der Waals surface area contributed by atoms with Crippen molar-refractivity contribution >= 4 is 11.5 Å². The Morgan fingerprint density at radius 1 is 1.11 bits per heavy atom. The number of benzene rings is 1. The Balaban J connectivity index is 1.59. The maximum absolute atomic E-state index is 12.4. The molecule has 2 heterocycles. The summed E-state index contributed by atoms with van der Waals surface area (Å²) in [6.45, 7) is 9.08. The van der Waals surface area contributed by atoms with E-state index in [0.29, 0.717) is 12.4 Å². The zero-order valence-corrected chi connectivity index (χ0v) is 16.8. The molecule has 0 unspecified atom stereocenters. The van der Waals surface area contributed by atoms with Crippen LogP contribution < -0.4 is 16.6 Å². The lowest BCUT2D eigenvalue weighted by Crippen LogP contribution is -2.37. The number of rotatable bonds is 8. The maximum Gasteiger partial charge on any atom is 0.329 e. The van der Waals surface area contributed by atoms with Crippen molar-refractivity contribution in [2.75, 3.05) is 38.2 Å². The van der Waals surface area contributed by atoms with E-state index in [2.05, 4.69) is 29.0 Å². The number of nitrogens with zero attached hydrogens (tertiary/aromatic N) is 2. The second-order valence-electron chi connectivity index (χ2n) is 7.26. The molecule has 7 heteroatoms. The van der Waals surface area contributed by atoms with Crippen LogP contribution in [0.4, 0.5) is 11.5 Å². The number of aromatic amines is 1. The molecule has 1 saturated heterocycles. The van der Waals surface area contributed by atoms with Gasteiger partial charge in [0.25, 0.3) is 5.56 Å². The largest absolute Gasteiger partial charge is 0.379 e. The van der Waals surface area contributed by atoms with Gasteiger partial charge in [0, 0.05) is 31.4 Å². The Kier molecular flexibility index (Phi) is 7.06. The van der Waals surface area contributed by atoms with Gasteiger partial charge in [-0.05, 0) is 56.0 Å². The fourth-order valence-electron chi connectivity index (χ4n) is 3.52. The monoisotopic (exact) mass is 386 g/mol. The van der Waals surface area contributed by atoms with Crippen molar-refractivity contribution in [2.24, 2.45) is 0 Å². The molecule has 0 radical (unpaired) electrons. The zero-order chi connectivity index (χ0) is 19.9. The number of unbranched alkanes of at least 4 members (excludes halogenated alkanes) is 1. The lowest BCUT2D eigenvalue weighted by Gasteiger charge is -2.26. The second kappa shape index (κ2) is 9.71. The minimum Gasteiger partial charge on any atom is -0.379 e. The third kappa shape index (κ3) is 5.33. The highest BCUT2D eigenvalue weighted by molar-refractivity contribution is 5.57. The molecule has 0 aliphatic carbocycles. The van der Waals surface area contributed by atoms with E-state index in [1.54, 1.807) is 0 Å². The fraction of sp³-hybridized carbons (Fsp3) is 0.524. The normalized spacial score (nSPS) is 14.9. The topological polar surface area (TPSA) is 79.4 Å². The number of morpholine rings is 1. The summed E-state index contributed by atoms with van der Waals surface area (Å²) in [6, 6.07) is 7.48. The smallest absolute Gasteiger partial charge is 0.329 e. The van der Waals surface area contributed by atoms with E-state index in [1.165, 1.54) is 21.8 Å². The molecule has 1 aromatic carbocycles. The van der Waals surface area contributed by atoms with Crippen molar-refractivity contribution in [2.45, 2.75) is 39.7 Å². The number of anilines is 2. The van der Waals surface area contributed by atoms with Crippen LogP contribution in [0.5, 0.6) is 0 Å². The summed E-state index contributed by atoms with van der Waals surface area (Å²) in [6.07, 6.45) is 2.68. The fourth-order valence-corrected chi connectivity index (χ4v) is 3.52. The summed E-state index contributed by atoms with van der Waals surface area (Å²) in [7, 11) is 0. The number of nitrogens with one attached hydrogen (secondary N) is 2. The highest BCUT2D eigenvalue weighted by atomic mass is 16.5. The molecule has 1 aliphatic heterocycles. The summed E-state index contributed by atoms with van der Waals surface area (Å²) in [5.74, 6) is 0.422. The van der Waals surface area contributed by atoms with Crippen molar-refractivity contribution in [1.82, 2.24) is 14.5 Å². The van der Waals surface area contributed by atoms with E-state index in [4.69, 9.17) is 4.74 Å². The van der Waals surface area contributed by atoms with E-state index in [0.717, 1.165) is 57.8 Å². The van der Waals surface area contributed by atoms with Gasteiger partial charge in [-0.1, -0.05) is 13.0 Å². The molecule has 1 aliphatic rings. The van der Waals surface area contributed by atoms with Gasteiger partial charge in [-0.25, -0.2) is 4.79 Å². The van der Waals surface area contributed by atoms with E-state index in [9.17, 15) is 9.59 Å². The molecule has 0 bridgehead atoms. The van der Waals surface area contributed by atoms with Crippen LogP contribution in [0.2, 0.25) is 0 Å². The van der Waals surface area contributed by atoms with Crippen LogP contribution in [-0.2, 0) is 17.7 Å². The molecule has 2 N–H and O–H groups in total. The summed E-state index contributed by atoms with van der Waals surface area (Å²) in [5.41, 5.74) is 2.68. The van der Waals surface area contributed by atoms with Crippen LogP contribution in [0.1, 0.15) is 30.9 Å². The molecular formula is C21H30N4O3. The Bertz CT molecular complexity index is 866. The molecule has 28 heavy (non-hydrogen) atoms. The van der Waals surface area contributed by atoms with Crippen LogP contribution >= 0.6 is 0 Å². The summed E-state index contributed by atoms with van der Waals surface area (Å²) in [5, 5.41) is 3.14. The molecule has 1 fully saturated rings. The van der Waals surface area contributed by atoms with Crippen molar-refractivity contribution in [3.8, 4) is 0 Å². The van der Waals surface area contributed by atoms with Crippen LogP contribution in [0.25, 0.3) is 0 Å². The van der Waals surface area contributed by atoms with Gasteiger partial charge in [0.15, 0.2) is 0 Å². The maximum atomic E-state index is 12.4. The van der Waals surface area contributed by atoms with Gasteiger partial charge < -0.3 is 10.1 Å². The highest BCUT2D eigenvalue weighted by Gasteiger charge is 2.10. The van der Waals surface area contributed by atoms with Crippen LogP contribution in [0, 0.1) is 6.92 Å². The predicted molar refractivity (Wildman–Crippen MR) is 112 cm³/mol. The average Bonchev–Trinajstić information content (AvgIpc) is 2.69. The molecule has 3 rings (SSSR count). The minimum atomic E-state index is -0.371. The van der Waals surface area contributed by atoms with Gasteiger partial charge in [0.05, 0.1) is 13.2 Å². The van der Waals surface area contributed by atoms with Gasteiger partial charge in [-0.3, -0.25) is 19.2 Å². The number of aryl methyl sites for hydroxylation is 2. The molecule has 0 saturated carbocycles. The van der Waals surface area contributed by atoms with Gasteiger partial charge in [-0.2, -0.15) is 0 Å². The predicted octanol–water partition coefficient (Wildman–Crippen LogP) is 2.26. The lowest BCUT2D eigenvalue weighted by molar-refractivity contribution is 0.0370. The molecule has 0 amide bonds. The first-order chi connectivity index (χ1) is 13.6. The summed E-state index contributed by atoms with van der Waals surface area (Å²) in [4.78, 5) is 29.9. The third-order valence-corrected chi connectivity index (χ3v) is 5.24. The van der Waals surface area contributed by atoms with Gasteiger partial charge in [0.1, 0.15) is 5.82 Å². The highest BCUT2D eigenvalue weighted by Crippen LogP contribution is 2.18. The Morgan fingerprint density at radius 3 is 2.57 bits per heavy atom. The quantitative estimate of drug-likeness (QED) is 0.681. The van der Waals surface area contributed by atoms with Gasteiger partial charge in [-0.15, -0.1) is 0 Å². The number of ether oxygens (including phenoxy) is 1. The van der Waals surface area contributed by atoms with Crippen molar-refractivity contribution in [1.29, 1.82) is 0 Å². The van der Waals surface area contributed by atoms with Crippen LogP contribution in [0.15, 0.2) is 33.9 Å². The van der Waals surface area contributed by atoms with E-state index >= 15 is 0 Å². The molecule has 0 spiro atoms. The molecule has 152 valence electrons. The number of hydrogen-bond donors (Lipinski definition) is 2. The number of aromatic nitrogens is 2.